The summed E-state index contributed by atoms with van der Waals surface area (Å²) in [5.74, 6) is -0.143. The van der Waals surface area contributed by atoms with Crippen molar-refractivity contribution in [1.82, 2.24) is 15.7 Å². The molecule has 0 radical (unpaired) electrons. The van der Waals surface area contributed by atoms with Gasteiger partial charge in [0.05, 0.1) is 17.6 Å². The number of nitrogens with one attached hydrogen (secondary N) is 2. The summed E-state index contributed by atoms with van der Waals surface area (Å²) < 4.78 is -0.598. The van der Waals surface area contributed by atoms with Gasteiger partial charge < -0.3 is 5.32 Å². The van der Waals surface area contributed by atoms with Crippen molar-refractivity contribution in [2.24, 2.45) is 5.41 Å². The van der Waals surface area contributed by atoms with Crippen molar-refractivity contribution in [3.05, 3.63) is 47.7 Å². The van der Waals surface area contributed by atoms with Gasteiger partial charge in [-0.3, -0.25) is 9.78 Å². The predicted octanol–water partition coefficient (Wildman–Crippen LogP) is 4.13. The van der Waals surface area contributed by atoms with Gasteiger partial charge in [-0.05, 0) is 42.7 Å². The second-order valence-corrected chi connectivity index (χ2v) is 9.41. The minimum absolute atomic E-state index is 0.143. The molecule has 6 nitrogen and oxygen atoms in total. The first-order chi connectivity index (χ1) is 13.6. The first kappa shape index (κ1) is 21.8. The Labute approximate surface area is 178 Å². The van der Waals surface area contributed by atoms with Crippen LogP contribution in [0, 0.1) is 5.41 Å². The molecule has 1 atom stereocenters. The van der Waals surface area contributed by atoms with Crippen LogP contribution in [0.2, 0.25) is 0 Å². The second kappa shape index (κ2) is 8.83. The number of para-hydroxylation sites is 1. The zero-order chi connectivity index (χ0) is 21.1. The molecular formula is C22H31N4O2S+. The molecule has 1 aromatic heterocycles. The number of carbonyl (C=O) groups excluding carboxylic acids is 1. The fourth-order valence-corrected chi connectivity index (χ4v) is 3.65. The summed E-state index contributed by atoms with van der Waals surface area (Å²) in [4.78, 5) is 17.1. The normalized spacial score (nSPS) is 18.2. The highest BCUT2D eigenvalue weighted by molar-refractivity contribution is 7.74. The van der Waals surface area contributed by atoms with Crippen LogP contribution in [-0.2, 0) is 0 Å². The molecule has 0 bridgehead atoms. The summed E-state index contributed by atoms with van der Waals surface area (Å²) in [5, 5.41) is 13.3. The van der Waals surface area contributed by atoms with Crippen molar-refractivity contribution in [1.29, 1.82) is 0 Å². The summed E-state index contributed by atoms with van der Waals surface area (Å²) in [6, 6.07) is 8.07. The monoisotopic (exact) mass is 415 g/mol. The Kier molecular flexibility index (Phi) is 6.63. The Hall–Kier alpha value is -1.93. The molecule has 1 aliphatic rings. The number of nitrogens with zero attached hydrogens (tertiary/aromatic N) is 2. The molecule has 156 valence electrons. The van der Waals surface area contributed by atoms with Crippen molar-refractivity contribution in [3.8, 4) is 0 Å². The number of thiol groups is 1. The molecule has 29 heavy (non-hydrogen) atoms. The molecule has 3 rings (SSSR count). The summed E-state index contributed by atoms with van der Waals surface area (Å²) >= 11 is 3.93. The largest absolute Gasteiger partial charge is 0.352 e. The number of pyridine rings is 1. The van der Waals surface area contributed by atoms with Crippen LogP contribution >= 0.6 is 12.8 Å². The molecule has 0 saturated heterocycles. The van der Waals surface area contributed by atoms with Crippen molar-refractivity contribution in [2.45, 2.75) is 39.5 Å². The summed E-state index contributed by atoms with van der Waals surface area (Å²) in [6.07, 6.45) is 7.98. The Morgan fingerprint density at radius 2 is 2.14 bits per heavy atom. The number of rotatable bonds is 7. The van der Waals surface area contributed by atoms with E-state index in [1.165, 1.54) is 24.6 Å². The van der Waals surface area contributed by atoms with E-state index in [1.807, 2.05) is 18.2 Å². The fourth-order valence-electron chi connectivity index (χ4n) is 3.55. The van der Waals surface area contributed by atoms with Crippen molar-refractivity contribution >= 4 is 35.2 Å². The average molecular weight is 416 g/mol. The van der Waals surface area contributed by atoms with E-state index in [2.05, 4.69) is 54.5 Å². The van der Waals surface area contributed by atoms with E-state index in [9.17, 15) is 10.0 Å². The van der Waals surface area contributed by atoms with Crippen molar-refractivity contribution in [2.75, 3.05) is 20.1 Å². The van der Waals surface area contributed by atoms with Crippen LogP contribution in [0.1, 0.15) is 55.5 Å². The van der Waals surface area contributed by atoms with Gasteiger partial charge in [0, 0.05) is 23.7 Å². The zero-order valence-corrected chi connectivity index (χ0v) is 18.3. The van der Waals surface area contributed by atoms with Crippen LogP contribution in [0.15, 0.2) is 36.5 Å². The topological polar surface area (TPSA) is 74.2 Å². The van der Waals surface area contributed by atoms with Gasteiger partial charge in [0.1, 0.15) is 19.9 Å². The lowest BCUT2D eigenvalue weighted by atomic mass is 9.77. The van der Waals surface area contributed by atoms with Crippen LogP contribution in [0.4, 0.5) is 0 Å². The number of aromatic nitrogens is 1. The molecule has 0 spiro atoms. The van der Waals surface area contributed by atoms with E-state index < -0.39 is 4.16 Å². The fraction of sp³-hybridized carbons (Fsp3) is 0.455. The van der Waals surface area contributed by atoms with E-state index >= 15 is 0 Å². The number of hydroxylamine groups is 1. The first-order valence-electron chi connectivity index (χ1n) is 10.1. The molecule has 1 amide bonds. The first-order valence-corrected chi connectivity index (χ1v) is 10.5. The van der Waals surface area contributed by atoms with Crippen LogP contribution < -0.4 is 10.7 Å². The molecule has 3 N–H and O–H groups in total. The SMILES string of the molecule is CC1(C)CC=C(c2cccc3cc(C(=O)NCCCN[N+](C)(O)S)cnc23)CC1. The minimum atomic E-state index is -0.598. The number of allylic oxidation sites excluding steroid dienone is 2. The lowest BCUT2D eigenvalue weighted by Crippen LogP contribution is -2.44. The number of amides is 1. The molecule has 1 aliphatic carbocycles. The van der Waals surface area contributed by atoms with Crippen molar-refractivity contribution < 1.29 is 14.2 Å². The van der Waals surface area contributed by atoms with Gasteiger partial charge in [-0.25, -0.2) is 0 Å². The Bertz CT molecular complexity index is 919. The highest BCUT2D eigenvalue weighted by atomic mass is 32.1. The standard InChI is InChI=1S/C22H30N4O2S/c1-22(2)10-8-16(9-11-22)19-7-4-6-17-14-18(15-24-20(17)19)21(27)23-12-5-13-25-26(3,28)29/h4,6-8,14-15,25,28-29H,5,9-13H2,1-3H3/p+1. The van der Waals surface area contributed by atoms with Gasteiger partial charge >= 0.3 is 0 Å². The number of quaternary nitrogens is 1. The third-order valence-electron chi connectivity index (χ3n) is 5.34. The molecule has 0 saturated carbocycles. The summed E-state index contributed by atoms with van der Waals surface area (Å²) in [7, 11) is 1.50. The number of hydrogen-bond acceptors (Lipinski definition) is 5. The lowest BCUT2D eigenvalue weighted by Gasteiger charge is -2.29. The summed E-state index contributed by atoms with van der Waals surface area (Å²) in [5.41, 5.74) is 7.19. The number of carbonyl (C=O) groups is 1. The van der Waals surface area contributed by atoms with Crippen LogP contribution in [0.5, 0.6) is 0 Å². The molecule has 1 unspecified atom stereocenters. The van der Waals surface area contributed by atoms with Crippen LogP contribution in [-0.4, -0.2) is 40.4 Å². The number of hydrogen-bond donors (Lipinski definition) is 4. The highest BCUT2D eigenvalue weighted by Gasteiger charge is 2.23. The Morgan fingerprint density at radius 3 is 2.83 bits per heavy atom. The predicted molar refractivity (Wildman–Crippen MR) is 119 cm³/mol. The Morgan fingerprint density at radius 1 is 1.34 bits per heavy atom. The van der Waals surface area contributed by atoms with E-state index in [0.29, 0.717) is 30.5 Å². The maximum atomic E-state index is 12.5. The molecule has 7 heteroatoms. The molecule has 0 aliphatic heterocycles. The van der Waals surface area contributed by atoms with Crippen LogP contribution in [0.25, 0.3) is 16.5 Å². The molecule has 0 fully saturated rings. The molecule has 2 aromatic rings. The van der Waals surface area contributed by atoms with E-state index in [-0.39, 0.29) is 5.91 Å². The maximum Gasteiger partial charge on any atom is 0.252 e. The van der Waals surface area contributed by atoms with Gasteiger partial charge in [0.15, 0.2) is 0 Å². The number of benzene rings is 1. The van der Waals surface area contributed by atoms with Gasteiger partial charge in [0.25, 0.3) is 5.91 Å². The average Bonchev–Trinajstić information content (AvgIpc) is 2.66. The van der Waals surface area contributed by atoms with Gasteiger partial charge in [-0.2, -0.15) is 5.21 Å². The highest BCUT2D eigenvalue weighted by Crippen LogP contribution is 2.39. The van der Waals surface area contributed by atoms with E-state index in [0.717, 1.165) is 23.7 Å². The molecule has 1 heterocycles. The third kappa shape index (κ3) is 6.02. The van der Waals surface area contributed by atoms with Gasteiger partial charge in [-0.15, -0.1) is 5.43 Å². The number of fused-ring (bicyclic) bond motifs is 1. The smallest absolute Gasteiger partial charge is 0.252 e. The van der Waals surface area contributed by atoms with Crippen LogP contribution in [0.3, 0.4) is 0 Å². The zero-order valence-electron chi connectivity index (χ0n) is 17.4. The lowest BCUT2D eigenvalue weighted by molar-refractivity contribution is -1.01. The van der Waals surface area contributed by atoms with E-state index in [4.69, 9.17) is 0 Å². The van der Waals surface area contributed by atoms with Crippen molar-refractivity contribution in [3.63, 3.8) is 0 Å². The quantitative estimate of drug-likeness (QED) is 0.237. The van der Waals surface area contributed by atoms with Gasteiger partial charge in [0.2, 0.25) is 0 Å². The second-order valence-electron chi connectivity index (χ2n) is 8.63. The van der Waals surface area contributed by atoms with E-state index in [1.54, 1.807) is 6.20 Å². The molecule has 1 aromatic carbocycles. The molecular weight excluding hydrogens is 384 g/mol. The maximum absolute atomic E-state index is 12.5. The Balaban J connectivity index is 1.68. The van der Waals surface area contributed by atoms with Gasteiger partial charge in [-0.1, -0.05) is 42.3 Å². The summed E-state index contributed by atoms with van der Waals surface area (Å²) in [6.45, 7) is 5.65. The third-order valence-corrected chi connectivity index (χ3v) is 5.48. The minimum Gasteiger partial charge on any atom is -0.352 e.